The number of esters is 1. The van der Waals surface area contributed by atoms with Crippen molar-refractivity contribution in [3.8, 4) is 0 Å². The lowest BCUT2D eigenvalue weighted by Gasteiger charge is -2.38. The highest BCUT2D eigenvalue weighted by molar-refractivity contribution is 9.09. The number of carbonyl (C=O) groups is 4. The van der Waals surface area contributed by atoms with E-state index in [9.17, 15) is 24.3 Å². The van der Waals surface area contributed by atoms with E-state index in [1.807, 2.05) is 50.2 Å². The largest absolute Gasteiger partial charge is 0.455 e. The number of fused-ring (bicyclic) bond motifs is 1. The highest BCUT2D eigenvalue weighted by Gasteiger charge is 2.77. The summed E-state index contributed by atoms with van der Waals surface area (Å²) < 4.78 is 18.5. The number of anilines is 1. The van der Waals surface area contributed by atoms with Gasteiger partial charge in [0.25, 0.3) is 5.91 Å². The summed E-state index contributed by atoms with van der Waals surface area (Å²) in [6.45, 7) is 11.6. The van der Waals surface area contributed by atoms with Gasteiger partial charge in [-0.2, -0.15) is 0 Å². The molecule has 3 heterocycles. The molecule has 12 heteroatoms. The first-order valence-electron chi connectivity index (χ1n) is 17.4. The Morgan fingerprint density at radius 3 is 2.47 bits per heavy atom. The first kappa shape index (κ1) is 38.4. The molecule has 0 radical (unpaired) electrons. The summed E-state index contributed by atoms with van der Waals surface area (Å²) in [6, 6.07) is 13.0. The minimum absolute atomic E-state index is 0.0492. The van der Waals surface area contributed by atoms with Gasteiger partial charge in [0.05, 0.1) is 30.6 Å². The highest BCUT2D eigenvalue weighted by Crippen LogP contribution is 2.60. The molecule has 11 nitrogen and oxygen atoms in total. The smallest absolute Gasteiger partial charge is 0.313 e. The van der Waals surface area contributed by atoms with Crippen LogP contribution in [-0.4, -0.2) is 95.7 Å². The monoisotopic (exact) mass is 765 g/mol. The summed E-state index contributed by atoms with van der Waals surface area (Å²) in [6.07, 6.45) is 2.81. The van der Waals surface area contributed by atoms with Crippen LogP contribution in [0.5, 0.6) is 0 Å². The SMILES string of the molecule is C=CCCC(=O)N[C@@H](COC)[C@@H](OC(=O)[C@H]1[C@@H]2O[C@@]3(CC2Br)[C@@H]1C(=O)N(CCCO)[C@@H]3C(=O)N(CC=C)c1c(C)cccc1C)c1ccccc1. The van der Waals surface area contributed by atoms with Crippen LogP contribution < -0.4 is 10.2 Å². The van der Waals surface area contributed by atoms with Crippen LogP contribution in [0.3, 0.4) is 0 Å². The molecule has 0 saturated carbocycles. The number of carbonyl (C=O) groups excluding carboxylic acids is 4. The molecule has 3 aliphatic heterocycles. The van der Waals surface area contributed by atoms with Crippen molar-refractivity contribution in [1.82, 2.24) is 10.2 Å². The molecule has 0 aliphatic carbocycles. The predicted molar refractivity (Wildman–Crippen MR) is 196 cm³/mol. The maximum Gasteiger partial charge on any atom is 0.313 e. The summed E-state index contributed by atoms with van der Waals surface area (Å²) in [5.41, 5.74) is 1.79. The molecular weight excluding hydrogens is 718 g/mol. The summed E-state index contributed by atoms with van der Waals surface area (Å²) in [4.78, 5) is 59.7. The van der Waals surface area contributed by atoms with Gasteiger partial charge in [-0.05, 0) is 49.8 Å². The van der Waals surface area contributed by atoms with Gasteiger partial charge >= 0.3 is 5.97 Å². The number of aliphatic hydroxyl groups excluding tert-OH is 1. The number of alkyl halides is 1. The molecule has 1 spiro atoms. The average Bonchev–Trinajstić information content (AvgIpc) is 3.71. The Morgan fingerprint density at radius 2 is 1.84 bits per heavy atom. The number of amides is 3. The first-order chi connectivity index (χ1) is 24.5. The number of hydrogen-bond donors (Lipinski definition) is 2. The van der Waals surface area contributed by atoms with E-state index in [2.05, 4.69) is 34.4 Å². The molecule has 3 saturated heterocycles. The molecule has 2 aromatic rings. The van der Waals surface area contributed by atoms with Gasteiger partial charge < -0.3 is 34.4 Å². The third-order valence-corrected chi connectivity index (χ3v) is 11.0. The normalized spacial score (nSPS) is 25.9. The van der Waals surface area contributed by atoms with Crippen LogP contribution in [0.2, 0.25) is 0 Å². The van der Waals surface area contributed by atoms with E-state index >= 15 is 0 Å². The molecule has 0 aromatic heterocycles. The number of para-hydroxylation sites is 1. The maximum absolute atomic E-state index is 14.9. The number of allylic oxidation sites excluding steroid dienone is 1. The third-order valence-electron chi connectivity index (χ3n) is 10.1. The lowest BCUT2D eigenvalue weighted by Crippen LogP contribution is -2.57. The van der Waals surface area contributed by atoms with Crippen molar-refractivity contribution >= 4 is 45.3 Å². The summed E-state index contributed by atoms with van der Waals surface area (Å²) in [5.74, 6) is -3.74. The number of ether oxygens (including phenoxy) is 3. The minimum atomic E-state index is -1.34. The van der Waals surface area contributed by atoms with Gasteiger partial charge in [0, 0.05) is 43.7 Å². The van der Waals surface area contributed by atoms with Crippen molar-refractivity contribution in [2.75, 3.05) is 38.3 Å². The van der Waals surface area contributed by atoms with Crippen LogP contribution in [0.4, 0.5) is 5.69 Å². The van der Waals surface area contributed by atoms with Crippen LogP contribution in [-0.2, 0) is 33.4 Å². The lowest BCUT2D eigenvalue weighted by molar-refractivity contribution is -0.163. The van der Waals surface area contributed by atoms with Crippen LogP contribution in [0.1, 0.15) is 48.5 Å². The van der Waals surface area contributed by atoms with Gasteiger partial charge in [0.2, 0.25) is 11.8 Å². The van der Waals surface area contributed by atoms with Gasteiger partial charge in [-0.15, -0.1) is 13.2 Å². The number of halogens is 1. The van der Waals surface area contributed by atoms with Crippen molar-refractivity contribution in [1.29, 1.82) is 0 Å². The second kappa shape index (κ2) is 16.7. The number of nitrogens with zero attached hydrogens (tertiary/aromatic N) is 2. The fourth-order valence-electron chi connectivity index (χ4n) is 8.08. The minimum Gasteiger partial charge on any atom is -0.455 e. The molecule has 51 heavy (non-hydrogen) atoms. The fraction of sp³-hybridized carbons (Fsp3) is 0.487. The van der Waals surface area contributed by atoms with Crippen molar-refractivity contribution in [3.63, 3.8) is 0 Å². The second-order valence-corrected chi connectivity index (χ2v) is 14.7. The van der Waals surface area contributed by atoms with Gasteiger partial charge in [0.1, 0.15) is 17.7 Å². The molecule has 1 unspecified atom stereocenters. The number of rotatable bonds is 17. The molecule has 2 aromatic carbocycles. The number of aliphatic hydroxyl groups is 1. The number of hydrogen-bond acceptors (Lipinski definition) is 8. The molecule has 5 rings (SSSR count). The summed E-state index contributed by atoms with van der Waals surface area (Å²) >= 11 is 3.73. The van der Waals surface area contributed by atoms with Gasteiger partial charge in [0.15, 0.2) is 0 Å². The number of aryl methyl sites for hydroxylation is 2. The highest BCUT2D eigenvalue weighted by atomic mass is 79.9. The second-order valence-electron chi connectivity index (χ2n) is 13.5. The molecular formula is C39H48BrN3O8. The maximum atomic E-state index is 14.9. The first-order valence-corrected chi connectivity index (χ1v) is 18.3. The summed E-state index contributed by atoms with van der Waals surface area (Å²) in [7, 11) is 1.50. The number of methoxy groups -OCH3 is 1. The fourth-order valence-corrected chi connectivity index (χ4v) is 9.03. The van der Waals surface area contributed by atoms with Crippen molar-refractivity contribution in [2.24, 2.45) is 11.8 Å². The molecule has 3 aliphatic rings. The number of nitrogens with one attached hydrogen (secondary N) is 1. The quantitative estimate of drug-likeness (QED) is 0.138. The Kier molecular flexibility index (Phi) is 12.5. The van der Waals surface area contributed by atoms with E-state index in [1.54, 1.807) is 29.2 Å². The van der Waals surface area contributed by atoms with E-state index in [0.717, 1.165) is 16.8 Å². The predicted octanol–water partition coefficient (Wildman–Crippen LogP) is 4.33. The van der Waals surface area contributed by atoms with Crippen molar-refractivity contribution < 1.29 is 38.5 Å². The van der Waals surface area contributed by atoms with E-state index in [0.29, 0.717) is 18.4 Å². The number of likely N-dealkylation sites (tertiary alicyclic amines) is 1. The third kappa shape index (κ3) is 7.42. The Balaban J connectivity index is 1.53. The summed E-state index contributed by atoms with van der Waals surface area (Å²) in [5, 5.41) is 12.8. The Morgan fingerprint density at radius 1 is 1.14 bits per heavy atom. The van der Waals surface area contributed by atoms with Crippen molar-refractivity contribution in [2.45, 2.75) is 74.3 Å². The van der Waals surface area contributed by atoms with Crippen molar-refractivity contribution in [3.05, 3.63) is 90.5 Å². The lowest BCUT2D eigenvalue weighted by atomic mass is 9.70. The molecule has 274 valence electrons. The van der Waals surface area contributed by atoms with E-state index in [4.69, 9.17) is 14.2 Å². The zero-order valence-electron chi connectivity index (χ0n) is 29.5. The zero-order valence-corrected chi connectivity index (χ0v) is 31.0. The Bertz CT molecular complexity index is 1600. The van der Waals surface area contributed by atoms with E-state index < -0.39 is 53.6 Å². The Hall–Kier alpha value is -3.84. The van der Waals surface area contributed by atoms with E-state index in [-0.39, 0.29) is 55.8 Å². The average molecular weight is 767 g/mol. The van der Waals surface area contributed by atoms with Gasteiger partial charge in [-0.1, -0.05) is 76.6 Å². The zero-order chi connectivity index (χ0) is 36.9. The molecule has 2 bridgehead atoms. The van der Waals surface area contributed by atoms with Crippen LogP contribution >= 0.6 is 15.9 Å². The topological polar surface area (TPSA) is 135 Å². The van der Waals surface area contributed by atoms with E-state index in [1.165, 1.54) is 12.0 Å². The molecule has 3 fully saturated rings. The Labute approximate surface area is 308 Å². The molecule has 2 N–H and O–H groups in total. The van der Waals surface area contributed by atoms with Crippen LogP contribution in [0.25, 0.3) is 0 Å². The standard InChI is InChI=1S/C39H48BrN3O8/c1-6-8-18-29(45)41-28(23-49-5)33(26-16-10-9-11-17-26)50-38(48)30-31-36(46)43(20-13-21-44)35(39(31)22-27(40)34(30)51-39)37(47)42(19-7-2)32-24(3)14-12-15-25(32)4/h6-7,9-12,14-17,27-28,30-31,33-35,44H,1-2,8,13,18-23H2,3-5H3,(H,41,45)/t27?,28-,30+,31-,33-,34+,35+,39-/m0/s1. The molecule has 3 amide bonds. The van der Waals surface area contributed by atoms with Crippen LogP contribution in [0.15, 0.2) is 73.8 Å². The van der Waals surface area contributed by atoms with Crippen LogP contribution in [0, 0.1) is 25.7 Å². The van der Waals surface area contributed by atoms with Gasteiger partial charge in [-0.25, -0.2) is 0 Å². The molecule has 8 atom stereocenters. The number of benzene rings is 2. The van der Waals surface area contributed by atoms with Gasteiger partial charge in [-0.3, -0.25) is 19.2 Å².